The predicted molar refractivity (Wildman–Crippen MR) is 73.9 cm³/mol. The number of benzene rings is 1. The average molecular weight is 386 g/mol. The molecule has 4 heteroatoms. The van der Waals surface area contributed by atoms with Gasteiger partial charge in [-0.15, -0.1) is 0 Å². The molecule has 0 aliphatic rings. The van der Waals surface area contributed by atoms with Gasteiger partial charge in [0.25, 0.3) is 0 Å². The van der Waals surface area contributed by atoms with Crippen LogP contribution in [0.4, 0.5) is 4.39 Å². The van der Waals surface area contributed by atoms with Crippen LogP contribution in [-0.4, -0.2) is 11.0 Å². The third-order valence-corrected chi connectivity index (χ3v) is 3.42. The molecule has 0 atom stereocenters. The molecule has 0 aliphatic heterocycles. The number of rotatable bonds is 6. The number of hydrogen-bond donors (Lipinski definition) is 1. The summed E-state index contributed by atoms with van der Waals surface area (Å²) in [6.07, 6.45) is 2.45. The molecule has 0 heterocycles. The summed E-state index contributed by atoms with van der Waals surface area (Å²) in [5, 5.41) is 3.34. The van der Waals surface area contributed by atoms with Gasteiger partial charge < -0.3 is 5.32 Å². The van der Waals surface area contributed by atoms with E-state index in [4.69, 9.17) is 0 Å². The number of hydrogen-bond acceptors (Lipinski definition) is 1. The Morgan fingerprint density at radius 3 is 2.80 bits per heavy atom. The minimum Gasteiger partial charge on any atom is -0.313 e. The molecule has 1 nitrogen and oxygen atoms in total. The van der Waals surface area contributed by atoms with Crippen molar-refractivity contribution in [2.75, 3.05) is 11.0 Å². The summed E-state index contributed by atoms with van der Waals surface area (Å²) >= 11 is 5.56. The first-order chi connectivity index (χ1) is 7.24. The van der Waals surface area contributed by atoms with E-state index in [1.54, 1.807) is 0 Å². The van der Waals surface area contributed by atoms with Crippen molar-refractivity contribution in [3.8, 4) is 0 Å². The summed E-state index contributed by atoms with van der Waals surface area (Å²) in [5.74, 6) is -0.205. The van der Waals surface area contributed by atoms with E-state index in [2.05, 4.69) is 43.8 Å². The minimum atomic E-state index is -0.205. The van der Waals surface area contributed by atoms with E-state index >= 15 is 0 Å². The molecule has 1 rings (SSSR count). The van der Waals surface area contributed by atoms with Crippen molar-refractivity contribution in [3.05, 3.63) is 34.1 Å². The van der Waals surface area contributed by atoms with Crippen molar-refractivity contribution in [1.82, 2.24) is 5.32 Å². The average Bonchev–Trinajstić information content (AvgIpc) is 2.23. The molecule has 1 aromatic rings. The van der Waals surface area contributed by atoms with Crippen molar-refractivity contribution in [2.24, 2.45) is 0 Å². The van der Waals surface area contributed by atoms with Crippen LogP contribution in [0.1, 0.15) is 18.4 Å². The first-order valence-corrected chi connectivity index (χ1v) is 7.26. The van der Waals surface area contributed by atoms with Gasteiger partial charge in [0.05, 0.1) is 4.47 Å². The summed E-state index contributed by atoms with van der Waals surface area (Å²) in [4.78, 5) is 0. The van der Waals surface area contributed by atoms with Crippen LogP contribution in [-0.2, 0) is 6.54 Å². The first kappa shape index (κ1) is 13.4. The van der Waals surface area contributed by atoms with Gasteiger partial charge in [0.15, 0.2) is 0 Å². The molecular weight excluding hydrogens is 372 g/mol. The molecule has 15 heavy (non-hydrogen) atoms. The standard InChI is InChI=1S/C11H14BrFIN/c12-10-7-9(3-4-11(10)13)8-15-6-2-1-5-14/h3-4,7,15H,1-2,5-6,8H2. The lowest BCUT2D eigenvalue weighted by atomic mass is 10.2. The summed E-state index contributed by atoms with van der Waals surface area (Å²) in [6, 6.07) is 5.12. The highest BCUT2D eigenvalue weighted by atomic mass is 127. The van der Waals surface area contributed by atoms with Crippen LogP contribution in [0, 0.1) is 5.82 Å². The Morgan fingerprint density at radius 2 is 2.13 bits per heavy atom. The zero-order chi connectivity index (χ0) is 11.1. The van der Waals surface area contributed by atoms with Gasteiger partial charge in [-0.1, -0.05) is 28.7 Å². The molecule has 0 aromatic heterocycles. The maximum Gasteiger partial charge on any atom is 0.137 e. The summed E-state index contributed by atoms with van der Waals surface area (Å²) in [6.45, 7) is 1.83. The Labute approximate surface area is 112 Å². The number of nitrogens with one attached hydrogen (secondary N) is 1. The van der Waals surface area contributed by atoms with Crippen LogP contribution in [0.15, 0.2) is 22.7 Å². The molecule has 0 fully saturated rings. The van der Waals surface area contributed by atoms with E-state index in [1.165, 1.54) is 23.3 Å². The van der Waals surface area contributed by atoms with Crippen LogP contribution in [0.3, 0.4) is 0 Å². The highest BCUT2D eigenvalue weighted by Gasteiger charge is 1.99. The van der Waals surface area contributed by atoms with Gasteiger partial charge >= 0.3 is 0 Å². The molecule has 1 aromatic carbocycles. The van der Waals surface area contributed by atoms with Gasteiger partial charge in [-0.3, -0.25) is 0 Å². The van der Waals surface area contributed by atoms with E-state index in [0.717, 1.165) is 18.7 Å². The molecule has 1 N–H and O–H groups in total. The molecule has 0 radical (unpaired) electrons. The fourth-order valence-electron chi connectivity index (χ4n) is 1.23. The third-order valence-electron chi connectivity index (χ3n) is 2.05. The van der Waals surface area contributed by atoms with Crippen molar-refractivity contribution in [3.63, 3.8) is 0 Å². The Kier molecular flexibility index (Phi) is 6.76. The Hall–Kier alpha value is 0.320. The highest BCUT2D eigenvalue weighted by molar-refractivity contribution is 14.1. The zero-order valence-electron chi connectivity index (χ0n) is 8.40. The Balaban J connectivity index is 2.28. The van der Waals surface area contributed by atoms with E-state index in [0.29, 0.717) is 4.47 Å². The van der Waals surface area contributed by atoms with Crippen molar-refractivity contribution < 1.29 is 4.39 Å². The Morgan fingerprint density at radius 1 is 1.33 bits per heavy atom. The third kappa shape index (κ3) is 5.26. The second kappa shape index (κ2) is 7.57. The molecule has 0 bridgehead atoms. The lowest BCUT2D eigenvalue weighted by Gasteiger charge is -2.05. The summed E-state index contributed by atoms with van der Waals surface area (Å²) in [7, 11) is 0. The van der Waals surface area contributed by atoms with Gasteiger partial charge in [0.2, 0.25) is 0 Å². The number of unbranched alkanes of at least 4 members (excludes halogenated alkanes) is 1. The highest BCUT2D eigenvalue weighted by Crippen LogP contribution is 2.16. The Bertz CT molecular complexity index is 307. The van der Waals surface area contributed by atoms with Crippen molar-refractivity contribution in [1.29, 1.82) is 0 Å². The molecular formula is C11H14BrFIN. The van der Waals surface area contributed by atoms with Crippen LogP contribution in [0.2, 0.25) is 0 Å². The molecule has 0 spiro atoms. The van der Waals surface area contributed by atoms with Crippen molar-refractivity contribution in [2.45, 2.75) is 19.4 Å². The maximum atomic E-state index is 12.9. The fourth-order valence-corrected chi connectivity index (χ4v) is 2.19. The second-order valence-corrected chi connectivity index (χ2v) is 5.25. The van der Waals surface area contributed by atoms with E-state index in [1.807, 2.05) is 12.1 Å². The van der Waals surface area contributed by atoms with E-state index < -0.39 is 0 Å². The van der Waals surface area contributed by atoms with Gasteiger partial charge in [0, 0.05) is 6.54 Å². The predicted octanol–water partition coefficient (Wildman–Crippen LogP) is 3.89. The SMILES string of the molecule is Fc1ccc(CNCCCCI)cc1Br. The monoisotopic (exact) mass is 385 g/mol. The van der Waals surface area contributed by atoms with Gasteiger partial charge in [-0.2, -0.15) is 0 Å². The topological polar surface area (TPSA) is 12.0 Å². The second-order valence-electron chi connectivity index (χ2n) is 3.32. The van der Waals surface area contributed by atoms with Gasteiger partial charge in [0.1, 0.15) is 5.82 Å². The van der Waals surface area contributed by atoms with E-state index in [9.17, 15) is 4.39 Å². The van der Waals surface area contributed by atoms with Crippen LogP contribution >= 0.6 is 38.5 Å². The lowest BCUT2D eigenvalue weighted by molar-refractivity contribution is 0.616. The van der Waals surface area contributed by atoms with Crippen molar-refractivity contribution >= 4 is 38.5 Å². The van der Waals surface area contributed by atoms with E-state index in [-0.39, 0.29) is 5.82 Å². The van der Waals surface area contributed by atoms with Gasteiger partial charge in [-0.05, 0) is 57.4 Å². The largest absolute Gasteiger partial charge is 0.313 e. The molecule has 0 saturated heterocycles. The molecule has 0 aliphatic carbocycles. The number of halogens is 3. The summed E-state index contributed by atoms with van der Waals surface area (Å²) < 4.78 is 14.7. The minimum absolute atomic E-state index is 0.205. The quantitative estimate of drug-likeness (QED) is 0.445. The number of alkyl halides is 1. The molecule has 0 saturated carbocycles. The normalized spacial score (nSPS) is 10.6. The van der Waals surface area contributed by atoms with Crippen LogP contribution in [0.25, 0.3) is 0 Å². The maximum absolute atomic E-state index is 12.9. The van der Waals surface area contributed by atoms with Gasteiger partial charge in [-0.25, -0.2) is 4.39 Å². The molecule has 0 amide bonds. The first-order valence-electron chi connectivity index (χ1n) is 4.94. The zero-order valence-corrected chi connectivity index (χ0v) is 12.1. The molecule has 0 unspecified atom stereocenters. The molecule has 84 valence electrons. The smallest absolute Gasteiger partial charge is 0.137 e. The fraction of sp³-hybridized carbons (Fsp3) is 0.455. The summed E-state index contributed by atoms with van der Waals surface area (Å²) in [5.41, 5.74) is 1.11. The van der Waals surface area contributed by atoms with Crippen LogP contribution in [0.5, 0.6) is 0 Å². The lowest BCUT2D eigenvalue weighted by Crippen LogP contribution is -2.14. The van der Waals surface area contributed by atoms with Crippen LogP contribution < -0.4 is 5.32 Å².